The number of halogens is 1. The highest BCUT2D eigenvalue weighted by molar-refractivity contribution is 9.10. The summed E-state index contributed by atoms with van der Waals surface area (Å²) in [6.45, 7) is 0.712. The van der Waals surface area contributed by atoms with Gasteiger partial charge in [-0.25, -0.2) is 4.98 Å². The van der Waals surface area contributed by atoms with Crippen molar-refractivity contribution >= 4 is 21.7 Å². The maximum absolute atomic E-state index is 5.58. The van der Waals surface area contributed by atoms with Gasteiger partial charge in [-0.05, 0) is 15.9 Å². The number of nitrogen functional groups attached to an aromatic ring is 1. The van der Waals surface area contributed by atoms with Gasteiger partial charge in [0.25, 0.3) is 0 Å². The highest BCUT2D eigenvalue weighted by atomic mass is 79.9. The molecule has 0 aromatic carbocycles. The first-order valence-electron chi connectivity index (χ1n) is 3.34. The average molecular weight is 215 g/mol. The van der Waals surface area contributed by atoms with Crippen LogP contribution in [-0.4, -0.2) is 11.6 Å². The molecule has 1 aliphatic heterocycles. The highest BCUT2D eigenvalue weighted by Crippen LogP contribution is 2.34. The molecule has 0 amide bonds. The molecule has 1 aromatic heterocycles. The van der Waals surface area contributed by atoms with Crippen LogP contribution in [0.1, 0.15) is 5.56 Å². The van der Waals surface area contributed by atoms with Crippen LogP contribution in [0.25, 0.3) is 0 Å². The van der Waals surface area contributed by atoms with E-state index < -0.39 is 0 Å². The van der Waals surface area contributed by atoms with Crippen molar-refractivity contribution in [3.8, 4) is 5.75 Å². The maximum Gasteiger partial charge on any atom is 0.166 e. The number of nitrogens with two attached hydrogens (primary N) is 1. The van der Waals surface area contributed by atoms with E-state index in [0.717, 1.165) is 22.2 Å². The second kappa shape index (κ2) is 2.37. The Labute approximate surface area is 72.7 Å². The predicted octanol–water partition coefficient (Wildman–Crippen LogP) is 1.36. The number of fused-ring (bicyclic) bond motifs is 1. The molecule has 0 aliphatic carbocycles. The Morgan fingerprint density at radius 3 is 3.18 bits per heavy atom. The van der Waals surface area contributed by atoms with Gasteiger partial charge in [-0.15, -0.1) is 0 Å². The monoisotopic (exact) mass is 214 g/mol. The molecule has 58 valence electrons. The molecular weight excluding hydrogens is 208 g/mol. The smallest absolute Gasteiger partial charge is 0.166 e. The molecule has 2 N–H and O–H groups in total. The summed E-state index contributed by atoms with van der Waals surface area (Å²) in [7, 11) is 0. The zero-order valence-corrected chi connectivity index (χ0v) is 7.39. The molecule has 0 atom stereocenters. The molecule has 0 unspecified atom stereocenters. The van der Waals surface area contributed by atoms with Crippen molar-refractivity contribution in [1.29, 1.82) is 0 Å². The number of nitrogens with zero attached hydrogens (tertiary/aromatic N) is 1. The molecule has 1 aromatic rings. The van der Waals surface area contributed by atoms with Crippen LogP contribution in [0.4, 0.5) is 5.82 Å². The molecule has 0 spiro atoms. The Balaban J connectivity index is 2.64. The van der Waals surface area contributed by atoms with Crippen LogP contribution in [0.2, 0.25) is 0 Å². The van der Waals surface area contributed by atoms with Gasteiger partial charge >= 0.3 is 0 Å². The lowest BCUT2D eigenvalue weighted by molar-refractivity contribution is 0.357. The van der Waals surface area contributed by atoms with Gasteiger partial charge < -0.3 is 10.5 Å². The number of ether oxygens (including phenoxy) is 1. The van der Waals surface area contributed by atoms with E-state index in [0.29, 0.717) is 12.4 Å². The topological polar surface area (TPSA) is 48.1 Å². The molecule has 11 heavy (non-hydrogen) atoms. The van der Waals surface area contributed by atoms with Crippen molar-refractivity contribution in [2.45, 2.75) is 6.42 Å². The van der Waals surface area contributed by atoms with E-state index in [-0.39, 0.29) is 0 Å². The van der Waals surface area contributed by atoms with Crippen molar-refractivity contribution in [3.05, 3.63) is 16.2 Å². The van der Waals surface area contributed by atoms with Gasteiger partial charge in [0.05, 0.1) is 6.61 Å². The van der Waals surface area contributed by atoms with Crippen LogP contribution in [0.15, 0.2) is 10.7 Å². The van der Waals surface area contributed by atoms with Gasteiger partial charge in [0, 0.05) is 22.7 Å². The number of hydrogen-bond donors (Lipinski definition) is 1. The summed E-state index contributed by atoms with van der Waals surface area (Å²) in [5, 5.41) is 0. The van der Waals surface area contributed by atoms with Gasteiger partial charge in [-0.2, -0.15) is 0 Å². The molecule has 0 radical (unpaired) electrons. The largest absolute Gasteiger partial charge is 0.489 e. The molecule has 2 rings (SSSR count). The van der Waals surface area contributed by atoms with E-state index in [4.69, 9.17) is 10.5 Å². The fourth-order valence-corrected chi connectivity index (χ4v) is 1.66. The normalized spacial score (nSPS) is 14.3. The third kappa shape index (κ3) is 0.976. The second-order valence-electron chi connectivity index (χ2n) is 2.40. The molecule has 2 heterocycles. The van der Waals surface area contributed by atoms with E-state index in [1.165, 1.54) is 0 Å². The third-order valence-corrected chi connectivity index (χ3v) is 2.39. The summed E-state index contributed by atoms with van der Waals surface area (Å²) in [6, 6.07) is 0. The molecule has 0 bridgehead atoms. The van der Waals surface area contributed by atoms with Crippen LogP contribution in [0, 0.1) is 0 Å². The fourth-order valence-electron chi connectivity index (χ4n) is 1.17. The minimum atomic E-state index is 0.487. The van der Waals surface area contributed by atoms with Crippen LogP contribution in [0.3, 0.4) is 0 Å². The standard InChI is InChI=1S/C7H7BrN2O/c8-5-3-10-7(9)6-4(5)1-2-11-6/h3H,1-2H2,(H2,9,10). The summed E-state index contributed by atoms with van der Waals surface area (Å²) in [4.78, 5) is 3.96. The van der Waals surface area contributed by atoms with Gasteiger partial charge in [0.15, 0.2) is 11.6 Å². The van der Waals surface area contributed by atoms with Gasteiger partial charge in [-0.3, -0.25) is 0 Å². The summed E-state index contributed by atoms with van der Waals surface area (Å²) in [5.41, 5.74) is 6.72. The van der Waals surface area contributed by atoms with E-state index in [1.807, 2.05) is 0 Å². The number of anilines is 1. The SMILES string of the molecule is Nc1ncc(Br)c2c1OCC2. The Bertz CT molecular complexity index is 272. The molecule has 0 saturated carbocycles. The summed E-state index contributed by atoms with van der Waals surface area (Å²) in [6.07, 6.45) is 2.63. The Morgan fingerprint density at radius 2 is 2.45 bits per heavy atom. The predicted molar refractivity (Wildman–Crippen MR) is 45.5 cm³/mol. The Morgan fingerprint density at radius 1 is 1.64 bits per heavy atom. The van der Waals surface area contributed by atoms with Crippen molar-refractivity contribution in [2.75, 3.05) is 12.3 Å². The van der Waals surface area contributed by atoms with Crippen LogP contribution in [0.5, 0.6) is 5.75 Å². The maximum atomic E-state index is 5.58. The minimum absolute atomic E-state index is 0.487. The molecule has 0 fully saturated rings. The summed E-state index contributed by atoms with van der Waals surface area (Å²) in [5.74, 6) is 1.24. The van der Waals surface area contributed by atoms with E-state index >= 15 is 0 Å². The first-order valence-corrected chi connectivity index (χ1v) is 4.14. The van der Waals surface area contributed by atoms with Crippen molar-refractivity contribution < 1.29 is 4.74 Å². The number of hydrogen-bond acceptors (Lipinski definition) is 3. The number of aromatic nitrogens is 1. The van der Waals surface area contributed by atoms with E-state index in [1.54, 1.807) is 6.20 Å². The molecule has 1 aliphatic rings. The van der Waals surface area contributed by atoms with Gasteiger partial charge in [-0.1, -0.05) is 0 Å². The van der Waals surface area contributed by atoms with Gasteiger partial charge in [0.2, 0.25) is 0 Å². The van der Waals surface area contributed by atoms with Crippen molar-refractivity contribution in [3.63, 3.8) is 0 Å². The highest BCUT2D eigenvalue weighted by Gasteiger charge is 2.18. The molecule has 3 nitrogen and oxygen atoms in total. The van der Waals surface area contributed by atoms with Crippen LogP contribution < -0.4 is 10.5 Å². The summed E-state index contributed by atoms with van der Waals surface area (Å²) >= 11 is 3.38. The van der Waals surface area contributed by atoms with Gasteiger partial charge in [0.1, 0.15) is 0 Å². The Hall–Kier alpha value is -0.770. The third-order valence-electron chi connectivity index (χ3n) is 1.71. The lowest BCUT2D eigenvalue weighted by atomic mass is 10.2. The summed E-state index contributed by atoms with van der Waals surface area (Å²) < 4.78 is 6.28. The number of pyridine rings is 1. The first-order chi connectivity index (χ1) is 5.29. The molecule has 0 saturated heterocycles. The van der Waals surface area contributed by atoms with E-state index in [9.17, 15) is 0 Å². The average Bonchev–Trinajstić information content (AvgIpc) is 2.45. The van der Waals surface area contributed by atoms with E-state index in [2.05, 4.69) is 20.9 Å². The Kier molecular flexibility index (Phi) is 1.49. The first kappa shape index (κ1) is 6.91. The molecule has 4 heteroatoms. The number of rotatable bonds is 0. The van der Waals surface area contributed by atoms with Crippen LogP contribution in [-0.2, 0) is 6.42 Å². The fraction of sp³-hybridized carbons (Fsp3) is 0.286. The zero-order valence-electron chi connectivity index (χ0n) is 5.80. The quantitative estimate of drug-likeness (QED) is 0.710. The minimum Gasteiger partial charge on any atom is -0.489 e. The lowest BCUT2D eigenvalue weighted by Gasteiger charge is -2.02. The van der Waals surface area contributed by atoms with Crippen molar-refractivity contribution in [2.24, 2.45) is 0 Å². The zero-order chi connectivity index (χ0) is 7.84. The second-order valence-corrected chi connectivity index (χ2v) is 3.25. The lowest BCUT2D eigenvalue weighted by Crippen LogP contribution is -1.94. The van der Waals surface area contributed by atoms with Crippen molar-refractivity contribution in [1.82, 2.24) is 4.98 Å². The molecular formula is C7H7BrN2O. The van der Waals surface area contributed by atoms with Crippen LogP contribution >= 0.6 is 15.9 Å².